The van der Waals surface area contributed by atoms with E-state index in [2.05, 4.69) is 4.74 Å². The second kappa shape index (κ2) is 10.5. The molecule has 0 radical (unpaired) electrons. The average Bonchev–Trinajstić information content (AvgIpc) is 2.68. The number of esters is 1. The molecule has 0 heterocycles. The molecule has 0 aliphatic carbocycles. The highest BCUT2D eigenvalue weighted by molar-refractivity contribution is 5.73. The Balaban J connectivity index is 6.24. The predicted octanol–water partition coefficient (Wildman–Crippen LogP) is 9.03. The molecule has 0 N–H and O–H groups in total. The minimum Gasteiger partial charge on any atom is -0.465 e. The maximum atomic E-state index is 14.0. The Bertz CT molecular complexity index is 892. The molecule has 0 aliphatic heterocycles. The summed E-state index contributed by atoms with van der Waals surface area (Å²) in [6, 6.07) is 0. The van der Waals surface area contributed by atoms with E-state index >= 15 is 0 Å². The first-order chi connectivity index (χ1) is 17.0. The van der Waals surface area contributed by atoms with Crippen molar-refractivity contribution in [3.63, 3.8) is 0 Å². The van der Waals surface area contributed by atoms with Gasteiger partial charge in [-0.1, -0.05) is 41.5 Å². The van der Waals surface area contributed by atoms with Gasteiger partial charge in [0.25, 0.3) is 0 Å². The zero-order valence-corrected chi connectivity index (χ0v) is 21.4. The second-order valence-corrected chi connectivity index (χ2v) is 11.2. The fourth-order valence-electron chi connectivity index (χ4n) is 3.09. The fraction of sp³-hybridized carbons (Fsp3) is 0.952. The van der Waals surface area contributed by atoms with Gasteiger partial charge in [0.2, 0.25) is 0 Å². The molecule has 0 spiro atoms. The van der Waals surface area contributed by atoms with E-state index in [-0.39, 0.29) is 6.42 Å². The van der Waals surface area contributed by atoms with Crippen LogP contribution in [0.2, 0.25) is 0 Å². The molecule has 0 aromatic heterocycles. The first kappa shape index (κ1) is 38.3. The molecular weight excluding hydrogens is 607 g/mol. The molecule has 0 saturated carbocycles. The number of alkyl halides is 17. The molecule has 0 aliphatic rings. The summed E-state index contributed by atoms with van der Waals surface area (Å²) >= 11 is 0. The van der Waals surface area contributed by atoms with Gasteiger partial charge in [-0.15, -0.1) is 0 Å². The normalized spacial score (nSPS) is 16.7. The summed E-state index contributed by atoms with van der Waals surface area (Å²) in [5, 5.41) is 0. The quantitative estimate of drug-likeness (QED) is 0.168. The third-order valence-corrected chi connectivity index (χ3v) is 5.59. The molecule has 40 heavy (non-hydrogen) atoms. The Labute approximate surface area is 216 Å². The molecule has 1 unspecified atom stereocenters. The fourth-order valence-corrected chi connectivity index (χ4v) is 3.09. The van der Waals surface area contributed by atoms with Gasteiger partial charge in [0.05, 0.1) is 18.9 Å². The molecule has 19 heteroatoms. The van der Waals surface area contributed by atoms with Gasteiger partial charge in [-0.25, -0.2) is 0 Å². The largest absolute Gasteiger partial charge is 0.465 e. The number of carbonyl (C=O) groups is 1. The van der Waals surface area contributed by atoms with Gasteiger partial charge in [-0.2, -0.15) is 74.6 Å². The highest BCUT2D eigenvalue weighted by Gasteiger charge is 2.95. The average molecular weight is 632 g/mol. The molecule has 0 bridgehead atoms. The van der Waals surface area contributed by atoms with Gasteiger partial charge < -0.3 is 4.74 Å². The molecular formula is C21H25F17O2. The van der Waals surface area contributed by atoms with Crippen LogP contribution in [0.3, 0.4) is 0 Å². The Morgan fingerprint density at radius 3 is 1.18 bits per heavy atom. The van der Waals surface area contributed by atoms with E-state index in [4.69, 9.17) is 0 Å². The molecule has 0 fully saturated rings. The molecule has 1 atom stereocenters. The number of halogens is 17. The van der Waals surface area contributed by atoms with Crippen LogP contribution in [-0.2, 0) is 9.53 Å². The zero-order chi connectivity index (χ0) is 33.0. The summed E-state index contributed by atoms with van der Waals surface area (Å²) in [7, 11) is 0. The van der Waals surface area contributed by atoms with Gasteiger partial charge >= 0.3 is 53.6 Å². The van der Waals surface area contributed by atoms with Crippen molar-refractivity contribution < 1.29 is 84.2 Å². The van der Waals surface area contributed by atoms with Crippen LogP contribution >= 0.6 is 0 Å². The zero-order valence-electron chi connectivity index (χ0n) is 21.4. The van der Waals surface area contributed by atoms with Crippen molar-refractivity contribution in [3.05, 3.63) is 0 Å². The first-order valence-corrected chi connectivity index (χ1v) is 10.9. The van der Waals surface area contributed by atoms with Crippen LogP contribution in [0.15, 0.2) is 0 Å². The smallest absolute Gasteiger partial charge is 0.460 e. The van der Waals surface area contributed by atoms with Gasteiger partial charge in [0.1, 0.15) is 0 Å². The van der Waals surface area contributed by atoms with Crippen molar-refractivity contribution in [2.75, 3.05) is 6.61 Å². The predicted molar refractivity (Wildman–Crippen MR) is 103 cm³/mol. The lowest BCUT2D eigenvalue weighted by Gasteiger charge is -2.42. The summed E-state index contributed by atoms with van der Waals surface area (Å²) in [6.45, 7) is 7.25. The highest BCUT2D eigenvalue weighted by atomic mass is 19.4. The number of hydrogen-bond donors (Lipinski definition) is 0. The van der Waals surface area contributed by atoms with Crippen molar-refractivity contribution in [2.45, 2.75) is 102 Å². The first-order valence-electron chi connectivity index (χ1n) is 10.9. The second-order valence-electron chi connectivity index (χ2n) is 11.2. The van der Waals surface area contributed by atoms with Crippen molar-refractivity contribution in [1.29, 1.82) is 0 Å². The van der Waals surface area contributed by atoms with E-state index in [0.29, 0.717) is 0 Å². The monoisotopic (exact) mass is 632 g/mol. The van der Waals surface area contributed by atoms with Crippen molar-refractivity contribution in [2.24, 2.45) is 16.7 Å². The van der Waals surface area contributed by atoms with Crippen LogP contribution < -0.4 is 0 Å². The number of rotatable bonds is 11. The Hall–Kier alpha value is -1.72. The minimum absolute atomic E-state index is 0.0158. The van der Waals surface area contributed by atoms with Gasteiger partial charge in [-0.05, 0) is 17.3 Å². The molecule has 0 amide bonds. The van der Waals surface area contributed by atoms with Crippen LogP contribution in [-0.4, -0.2) is 60.2 Å². The summed E-state index contributed by atoms with van der Waals surface area (Å²) in [6.07, 6.45) is -10.6. The van der Waals surface area contributed by atoms with E-state index in [1.807, 2.05) is 0 Å². The third kappa shape index (κ3) is 6.51. The molecule has 0 saturated heterocycles. The van der Waals surface area contributed by atoms with Crippen molar-refractivity contribution in [3.8, 4) is 0 Å². The summed E-state index contributed by atoms with van der Waals surface area (Å²) in [4.78, 5) is 12.3. The van der Waals surface area contributed by atoms with Crippen molar-refractivity contribution in [1.82, 2.24) is 0 Å². The summed E-state index contributed by atoms with van der Waals surface area (Å²) < 4.78 is 231. The maximum absolute atomic E-state index is 14.0. The van der Waals surface area contributed by atoms with Crippen molar-refractivity contribution >= 4 is 5.97 Å². The van der Waals surface area contributed by atoms with E-state index in [9.17, 15) is 79.4 Å². The minimum atomic E-state index is -8.68. The number of hydrogen-bond acceptors (Lipinski definition) is 2. The van der Waals surface area contributed by atoms with E-state index in [0.717, 1.165) is 0 Å². The van der Waals surface area contributed by atoms with Gasteiger partial charge in [0, 0.05) is 0 Å². The van der Waals surface area contributed by atoms with E-state index < -0.39 is 83.4 Å². The van der Waals surface area contributed by atoms with Crippen LogP contribution in [0.5, 0.6) is 0 Å². The van der Waals surface area contributed by atoms with Crippen LogP contribution in [0.4, 0.5) is 74.6 Å². The van der Waals surface area contributed by atoms with Crippen LogP contribution in [0.25, 0.3) is 0 Å². The van der Waals surface area contributed by atoms with Crippen LogP contribution in [0, 0.1) is 16.7 Å². The third-order valence-electron chi connectivity index (χ3n) is 5.59. The Morgan fingerprint density at radius 1 is 0.550 bits per heavy atom. The van der Waals surface area contributed by atoms with Gasteiger partial charge in [0.15, 0.2) is 0 Å². The van der Waals surface area contributed by atoms with E-state index in [1.54, 1.807) is 20.8 Å². The topological polar surface area (TPSA) is 26.3 Å². The SMILES string of the molecule is CC(C)(C)CC(C(=O)OCCC(F)(F)C(F)(F)C(F)(F)C(F)(F)C(F)(F)C(F)(F)C(F)(F)C(F)(F)F)C(C)(C)C. The highest BCUT2D eigenvalue weighted by Crippen LogP contribution is 2.64. The van der Waals surface area contributed by atoms with E-state index in [1.165, 1.54) is 20.8 Å². The maximum Gasteiger partial charge on any atom is 0.460 e. The summed E-state index contributed by atoms with van der Waals surface area (Å²) in [5.41, 5.74) is -1.60. The Morgan fingerprint density at radius 2 is 0.875 bits per heavy atom. The lowest BCUT2D eigenvalue weighted by atomic mass is 9.72. The molecule has 0 rings (SSSR count). The number of ether oxygens (including phenoxy) is 1. The van der Waals surface area contributed by atoms with Gasteiger partial charge in [-0.3, -0.25) is 4.79 Å². The lowest BCUT2D eigenvalue weighted by Crippen LogP contribution is -2.74. The standard InChI is InChI=1S/C21H25F17O2/c1-12(2,3)9-10(13(4,5)6)11(39)40-8-7-14(22,23)15(24,25)16(26,27)17(28,29)18(30,31)19(32,33)20(34,35)21(36,37)38/h10H,7-9H2,1-6H3. The molecule has 2 nitrogen and oxygen atoms in total. The molecule has 240 valence electrons. The number of carbonyl (C=O) groups excluding carboxylic acids is 1. The van der Waals surface area contributed by atoms with Crippen LogP contribution in [0.1, 0.15) is 54.4 Å². The molecule has 0 aromatic carbocycles. The lowest BCUT2D eigenvalue weighted by molar-refractivity contribution is -0.461. The molecule has 0 aromatic rings. The summed E-state index contributed by atoms with van der Waals surface area (Å²) in [5.74, 6) is -59.3. The Kier molecular flexibility index (Phi) is 10.1.